The van der Waals surface area contributed by atoms with Crippen LogP contribution in [0.25, 0.3) is 0 Å². The molecule has 87 heavy (non-hydrogen) atoms. The van der Waals surface area contributed by atoms with Gasteiger partial charge in [-0.1, -0.05) is 0 Å². The highest BCUT2D eigenvalue weighted by molar-refractivity contribution is 8.00. The molecule has 0 amide bonds. The van der Waals surface area contributed by atoms with E-state index in [1.807, 2.05) is 0 Å². The lowest BCUT2D eigenvalue weighted by Crippen LogP contribution is -2.67. The first-order valence-electron chi connectivity index (χ1n) is 27.1. The van der Waals surface area contributed by atoms with Crippen LogP contribution < -0.4 is 0 Å². The van der Waals surface area contributed by atoms with E-state index in [9.17, 15) is 57.5 Å². The fraction of sp³-hybridized carbons (Fsp3) is 0.774. The summed E-state index contributed by atoms with van der Waals surface area (Å²) in [5, 5.41) is 0. The summed E-state index contributed by atoms with van der Waals surface area (Å²) in [5.74, 6) is -9.91. The lowest BCUT2D eigenvalue weighted by Gasteiger charge is -2.48. The third-order valence-electron chi connectivity index (χ3n) is 12.5. The summed E-state index contributed by atoms with van der Waals surface area (Å²) in [6, 6.07) is 0. The van der Waals surface area contributed by atoms with Crippen LogP contribution in [-0.4, -0.2) is 245 Å². The van der Waals surface area contributed by atoms with Crippen molar-refractivity contribution in [2.45, 2.75) is 212 Å². The summed E-state index contributed by atoms with van der Waals surface area (Å²) in [6.07, 6.45) is -30.4. The number of methoxy groups -OCH3 is 2. The summed E-state index contributed by atoms with van der Waals surface area (Å²) < 4.78 is 116. The zero-order valence-electron chi connectivity index (χ0n) is 50.4. The minimum Gasteiger partial charge on any atom is -0.463 e. The Morgan fingerprint density at radius 3 is 0.770 bits per heavy atom. The Bertz CT molecular complexity index is 2250. The molecule has 0 aromatic rings. The maximum Gasteiger partial charge on any atom is 0.303 e. The Labute approximate surface area is 508 Å². The summed E-state index contributed by atoms with van der Waals surface area (Å²) in [7, 11) is 2.41. The van der Waals surface area contributed by atoms with Crippen LogP contribution in [0.5, 0.6) is 0 Å². The average molecular weight is 1290 g/mol. The second-order valence-electron chi connectivity index (χ2n) is 19.7. The quantitative estimate of drug-likeness (QED) is 0.0575. The monoisotopic (exact) mass is 1290 g/mol. The number of hydrogen-bond donors (Lipinski definition) is 0. The Hall–Kier alpha value is -5.98. The average Bonchev–Trinajstić information content (AvgIpc) is 1.14. The standard InChI is InChI=1S/C53H76O32S2/c1-22(54)68-18-34-38(42(72-26(5)58)46(76-30(9)62)50(66-13)80-34)84-52-48(78-32(11)64)44(74-28(7)60)40(70-24(3)56)36(82-52)20-86-16-15-17-87-21-37-41(71-25(4)57)45(75-29(8)61)49(79-33(12)65)53(83-37)85-39-35(19-69-23(2)55)81-51(67-14)47(77-31(10)63)43(39)73-27(6)59/h34-53H,15-21H2,1-14H3/t34-,35-,36-,37-,38+,39+,40+,41+,42+,43+,44+,45+,46-,47-,48-,49-,50-,51-,52+,53+/m1/s1. The van der Waals surface area contributed by atoms with Crippen molar-refractivity contribution < 1.29 is 152 Å². The lowest BCUT2D eigenvalue weighted by atomic mass is 9.96. The van der Waals surface area contributed by atoms with Crippen LogP contribution in [0, 0.1) is 0 Å². The van der Waals surface area contributed by atoms with Gasteiger partial charge in [-0.15, -0.1) is 0 Å². The number of carbonyl (C=O) groups is 12. The van der Waals surface area contributed by atoms with Crippen LogP contribution in [0.3, 0.4) is 0 Å². The largest absolute Gasteiger partial charge is 0.463 e. The number of thioether (sulfide) groups is 2. The molecule has 0 aliphatic carbocycles. The molecule has 0 aromatic carbocycles. The number of ether oxygens (including phenoxy) is 20. The van der Waals surface area contributed by atoms with E-state index >= 15 is 0 Å². The van der Waals surface area contributed by atoms with Gasteiger partial charge in [0.1, 0.15) is 49.8 Å². The predicted octanol–water partition coefficient (Wildman–Crippen LogP) is 0.249. The van der Waals surface area contributed by atoms with Gasteiger partial charge < -0.3 is 94.7 Å². The molecule has 4 aliphatic rings. The van der Waals surface area contributed by atoms with E-state index in [4.69, 9.17) is 94.7 Å². The van der Waals surface area contributed by atoms with Gasteiger partial charge in [0.25, 0.3) is 0 Å². The van der Waals surface area contributed by atoms with Gasteiger partial charge in [0, 0.05) is 109 Å². The molecule has 0 aromatic heterocycles. The topological polar surface area (TPSA) is 389 Å². The van der Waals surface area contributed by atoms with Crippen molar-refractivity contribution in [3.8, 4) is 0 Å². The van der Waals surface area contributed by atoms with Crippen LogP contribution >= 0.6 is 23.5 Å². The van der Waals surface area contributed by atoms with Gasteiger partial charge in [-0.25, -0.2) is 0 Å². The van der Waals surface area contributed by atoms with Crippen LogP contribution in [0.4, 0.5) is 0 Å². The van der Waals surface area contributed by atoms with Gasteiger partial charge in [-0.2, -0.15) is 23.5 Å². The van der Waals surface area contributed by atoms with Crippen molar-refractivity contribution >= 4 is 95.2 Å². The molecule has 0 spiro atoms. The first-order valence-corrected chi connectivity index (χ1v) is 29.4. The summed E-state index contributed by atoms with van der Waals surface area (Å²) in [5.41, 5.74) is 0. The molecule has 492 valence electrons. The molecule has 4 heterocycles. The Morgan fingerprint density at radius 2 is 0.517 bits per heavy atom. The van der Waals surface area contributed by atoms with E-state index in [2.05, 4.69) is 0 Å². The van der Waals surface area contributed by atoms with Gasteiger partial charge in [-0.05, 0) is 17.9 Å². The van der Waals surface area contributed by atoms with Crippen molar-refractivity contribution in [3.05, 3.63) is 0 Å². The lowest BCUT2D eigenvalue weighted by molar-refractivity contribution is -0.355. The first kappa shape index (κ1) is 73.5. The normalized spacial score (nSPS) is 32.1. The molecule has 0 unspecified atom stereocenters. The fourth-order valence-corrected chi connectivity index (χ4v) is 11.8. The van der Waals surface area contributed by atoms with Crippen molar-refractivity contribution in [2.24, 2.45) is 0 Å². The molecule has 20 atom stereocenters. The smallest absolute Gasteiger partial charge is 0.303 e. The van der Waals surface area contributed by atoms with Crippen LogP contribution in [0.15, 0.2) is 0 Å². The van der Waals surface area contributed by atoms with Gasteiger partial charge >= 0.3 is 71.6 Å². The highest BCUT2D eigenvalue weighted by Crippen LogP contribution is 2.39. The van der Waals surface area contributed by atoms with Gasteiger partial charge in [0.05, 0.1) is 0 Å². The van der Waals surface area contributed by atoms with Gasteiger partial charge in [-0.3, -0.25) is 57.5 Å². The van der Waals surface area contributed by atoms with Crippen LogP contribution in [-0.2, 0) is 152 Å². The Balaban J connectivity index is 1.66. The SMILES string of the molecule is CO[C@@H]1O[C@H](COC(C)=O)[C@H](O[C@@H]2O[C@H](CSCCCSC[C@H]3O[C@@H](O[C@@H]4[C@H](OC(C)=O)[C@@H](OC(C)=O)[C@H](OC)O[C@@H]4COC(C)=O)[C@H](OC(C)=O)[C@@H](OC(C)=O)[C@H]3OC(C)=O)[C@H](OC(C)=O)[C@H](OC(C)=O)[C@H]2OC(C)=O)[C@H](OC(C)=O)[C@H]1OC(C)=O. The van der Waals surface area contributed by atoms with E-state index in [0.29, 0.717) is 17.9 Å². The predicted molar refractivity (Wildman–Crippen MR) is 286 cm³/mol. The summed E-state index contributed by atoms with van der Waals surface area (Å²) in [4.78, 5) is 151. The van der Waals surface area contributed by atoms with Crippen molar-refractivity contribution in [3.63, 3.8) is 0 Å². The molecular formula is C53H76O32S2. The minimum absolute atomic E-state index is 0.0533. The summed E-state index contributed by atoms with van der Waals surface area (Å²) >= 11 is 2.49. The van der Waals surface area contributed by atoms with Gasteiger partial charge in [0.15, 0.2) is 86.2 Å². The van der Waals surface area contributed by atoms with E-state index in [0.717, 1.165) is 83.1 Å². The molecule has 32 nitrogen and oxygen atoms in total. The van der Waals surface area contributed by atoms with Gasteiger partial charge in [0.2, 0.25) is 0 Å². The number of carbonyl (C=O) groups excluding carboxylic acids is 12. The van der Waals surface area contributed by atoms with E-state index < -0.39 is 208 Å². The molecule has 0 bridgehead atoms. The maximum atomic E-state index is 12.8. The molecule has 4 saturated heterocycles. The second kappa shape index (κ2) is 35.3. The zero-order chi connectivity index (χ0) is 65.0. The van der Waals surface area contributed by atoms with Crippen molar-refractivity contribution in [2.75, 3.05) is 50.4 Å². The zero-order valence-corrected chi connectivity index (χ0v) is 52.0. The van der Waals surface area contributed by atoms with Crippen LogP contribution in [0.2, 0.25) is 0 Å². The minimum atomic E-state index is -1.80. The Kier molecular flexibility index (Phi) is 29.8. The van der Waals surface area contributed by atoms with E-state index in [1.54, 1.807) is 0 Å². The highest BCUT2D eigenvalue weighted by atomic mass is 32.2. The van der Waals surface area contributed by atoms with Crippen LogP contribution in [0.1, 0.15) is 89.5 Å². The molecule has 0 saturated carbocycles. The summed E-state index contributed by atoms with van der Waals surface area (Å²) in [6.45, 7) is 11.6. The molecule has 0 radical (unpaired) electrons. The fourth-order valence-electron chi connectivity index (χ4n) is 9.59. The number of rotatable bonds is 28. The van der Waals surface area contributed by atoms with E-state index in [-0.39, 0.29) is 11.5 Å². The first-order chi connectivity index (χ1) is 40.9. The Morgan fingerprint density at radius 1 is 0.287 bits per heavy atom. The molecule has 0 N–H and O–H groups in total. The van der Waals surface area contributed by atoms with Crippen molar-refractivity contribution in [1.82, 2.24) is 0 Å². The van der Waals surface area contributed by atoms with Crippen molar-refractivity contribution in [1.29, 1.82) is 0 Å². The molecule has 4 rings (SSSR count). The molecular weight excluding hydrogens is 1210 g/mol. The molecule has 4 fully saturated rings. The maximum absolute atomic E-state index is 12.8. The van der Waals surface area contributed by atoms with E-state index in [1.165, 1.54) is 37.7 Å². The second-order valence-corrected chi connectivity index (χ2v) is 22.0. The number of hydrogen-bond acceptors (Lipinski definition) is 34. The third kappa shape index (κ3) is 22.8. The number of esters is 12. The molecule has 4 aliphatic heterocycles. The molecule has 34 heteroatoms. The third-order valence-corrected chi connectivity index (χ3v) is 14.8. The highest BCUT2D eigenvalue weighted by Gasteiger charge is 2.59.